The molecule has 0 unspecified atom stereocenters. The van der Waals surface area contributed by atoms with Crippen molar-refractivity contribution in [3.8, 4) is 11.8 Å². The van der Waals surface area contributed by atoms with Crippen molar-refractivity contribution in [3.05, 3.63) is 35.4 Å². The third-order valence-corrected chi connectivity index (χ3v) is 1.99. The highest BCUT2D eigenvalue weighted by molar-refractivity contribution is 5.81. The molecule has 0 aromatic heterocycles. The van der Waals surface area contributed by atoms with Gasteiger partial charge >= 0.3 is 0 Å². The maximum Gasteiger partial charge on any atom is 0.127 e. The first kappa shape index (κ1) is 10.3. The van der Waals surface area contributed by atoms with Gasteiger partial charge in [0.2, 0.25) is 0 Å². The zero-order valence-electron chi connectivity index (χ0n) is 8.66. The minimum atomic E-state index is 0.683. The van der Waals surface area contributed by atoms with Gasteiger partial charge in [0.1, 0.15) is 5.75 Å². The number of para-hydroxylation sites is 1. The predicted molar refractivity (Wildman–Crippen MR) is 56.9 cm³/mol. The standard InChI is InChI=1S/C12H13NO/c1-9(2)11(8-13)10-6-4-5-7-12(10)14-3/h4-7H,1-3H3. The Bertz CT molecular complexity index is 395. The third-order valence-electron chi connectivity index (χ3n) is 1.99. The SMILES string of the molecule is COc1ccccc1C(C#N)=C(C)C. The summed E-state index contributed by atoms with van der Waals surface area (Å²) in [7, 11) is 1.61. The van der Waals surface area contributed by atoms with Crippen LogP contribution in [0.3, 0.4) is 0 Å². The molecule has 0 spiro atoms. The van der Waals surface area contributed by atoms with E-state index < -0.39 is 0 Å². The van der Waals surface area contributed by atoms with Gasteiger partial charge in [-0.2, -0.15) is 5.26 Å². The molecule has 1 rings (SSSR count). The third kappa shape index (κ3) is 1.94. The van der Waals surface area contributed by atoms with E-state index in [0.717, 1.165) is 16.9 Å². The molecule has 1 aromatic rings. The molecule has 1 aromatic carbocycles. The van der Waals surface area contributed by atoms with Crippen molar-refractivity contribution in [1.29, 1.82) is 5.26 Å². The van der Waals surface area contributed by atoms with Gasteiger partial charge in [-0.1, -0.05) is 17.7 Å². The quantitative estimate of drug-likeness (QED) is 0.667. The molecule has 0 aliphatic rings. The first-order valence-electron chi connectivity index (χ1n) is 4.41. The summed E-state index contributed by atoms with van der Waals surface area (Å²) in [4.78, 5) is 0. The van der Waals surface area contributed by atoms with Crippen LogP contribution in [0.4, 0.5) is 0 Å². The highest BCUT2D eigenvalue weighted by Gasteiger charge is 2.07. The van der Waals surface area contributed by atoms with E-state index in [9.17, 15) is 0 Å². The maximum absolute atomic E-state index is 9.01. The maximum atomic E-state index is 9.01. The Morgan fingerprint density at radius 2 is 1.93 bits per heavy atom. The lowest BCUT2D eigenvalue weighted by molar-refractivity contribution is 0.413. The van der Waals surface area contributed by atoms with Crippen molar-refractivity contribution in [1.82, 2.24) is 0 Å². The van der Waals surface area contributed by atoms with Crippen LogP contribution in [-0.4, -0.2) is 7.11 Å². The molecule has 0 fully saturated rings. The van der Waals surface area contributed by atoms with Crippen LogP contribution in [-0.2, 0) is 0 Å². The fraction of sp³-hybridized carbons (Fsp3) is 0.250. The van der Waals surface area contributed by atoms with Gasteiger partial charge in [0, 0.05) is 5.56 Å². The Balaban J connectivity index is 3.33. The number of allylic oxidation sites excluding steroid dienone is 2. The average molecular weight is 187 g/mol. The van der Waals surface area contributed by atoms with E-state index in [-0.39, 0.29) is 0 Å². The summed E-state index contributed by atoms with van der Waals surface area (Å²) in [5.41, 5.74) is 2.54. The Morgan fingerprint density at radius 1 is 1.29 bits per heavy atom. The molecule has 0 atom stereocenters. The van der Waals surface area contributed by atoms with Gasteiger partial charge in [0.25, 0.3) is 0 Å². The largest absolute Gasteiger partial charge is 0.496 e. The number of benzene rings is 1. The fourth-order valence-corrected chi connectivity index (χ4v) is 1.29. The molecule has 2 nitrogen and oxygen atoms in total. The van der Waals surface area contributed by atoms with Crippen LogP contribution in [0.5, 0.6) is 5.75 Å². The van der Waals surface area contributed by atoms with Crippen molar-refractivity contribution in [3.63, 3.8) is 0 Å². The van der Waals surface area contributed by atoms with Crippen molar-refractivity contribution >= 4 is 5.57 Å². The van der Waals surface area contributed by atoms with Crippen molar-refractivity contribution < 1.29 is 4.74 Å². The molecule has 0 heterocycles. The summed E-state index contributed by atoms with van der Waals surface area (Å²) in [6.07, 6.45) is 0. The van der Waals surface area contributed by atoms with Crippen LogP contribution in [0, 0.1) is 11.3 Å². The van der Waals surface area contributed by atoms with E-state index in [4.69, 9.17) is 10.00 Å². The molecule has 0 saturated heterocycles. The van der Waals surface area contributed by atoms with Crippen LogP contribution in [0.15, 0.2) is 29.8 Å². The molecule has 0 aliphatic carbocycles. The van der Waals surface area contributed by atoms with Crippen LogP contribution in [0.25, 0.3) is 5.57 Å². The second kappa shape index (κ2) is 4.48. The van der Waals surface area contributed by atoms with Gasteiger partial charge in [-0.3, -0.25) is 0 Å². The first-order chi connectivity index (χ1) is 6.70. The Morgan fingerprint density at radius 3 is 2.43 bits per heavy atom. The van der Waals surface area contributed by atoms with E-state index in [0.29, 0.717) is 5.57 Å². The molecular formula is C12H13NO. The second-order valence-corrected chi connectivity index (χ2v) is 3.19. The summed E-state index contributed by atoms with van der Waals surface area (Å²) in [6, 6.07) is 9.73. The predicted octanol–water partition coefficient (Wildman–Crippen LogP) is 3.01. The highest BCUT2D eigenvalue weighted by atomic mass is 16.5. The Labute approximate surface area is 84.4 Å². The van der Waals surface area contributed by atoms with Crippen LogP contribution in [0.2, 0.25) is 0 Å². The first-order valence-corrected chi connectivity index (χ1v) is 4.41. The summed E-state index contributed by atoms with van der Waals surface area (Å²) in [6.45, 7) is 3.84. The normalized spacial score (nSPS) is 9.00. The molecule has 0 radical (unpaired) electrons. The van der Waals surface area contributed by atoms with Gasteiger partial charge < -0.3 is 4.74 Å². The molecule has 0 saturated carbocycles. The lowest BCUT2D eigenvalue weighted by Gasteiger charge is -2.07. The molecule has 0 aliphatic heterocycles. The zero-order chi connectivity index (χ0) is 10.6. The Hall–Kier alpha value is -1.75. The molecule has 0 bridgehead atoms. The summed E-state index contributed by atoms with van der Waals surface area (Å²) < 4.78 is 5.19. The summed E-state index contributed by atoms with van der Waals surface area (Å²) in [5.74, 6) is 0.741. The number of hydrogen-bond donors (Lipinski definition) is 0. The van der Waals surface area contributed by atoms with Gasteiger partial charge in [0.15, 0.2) is 0 Å². The van der Waals surface area contributed by atoms with Crippen molar-refractivity contribution in [2.24, 2.45) is 0 Å². The second-order valence-electron chi connectivity index (χ2n) is 3.19. The van der Waals surface area contributed by atoms with E-state index in [1.165, 1.54) is 0 Å². The molecular weight excluding hydrogens is 174 g/mol. The number of ether oxygens (including phenoxy) is 1. The molecule has 72 valence electrons. The number of nitriles is 1. The van der Waals surface area contributed by atoms with Crippen molar-refractivity contribution in [2.75, 3.05) is 7.11 Å². The lowest BCUT2D eigenvalue weighted by Crippen LogP contribution is -1.91. The minimum Gasteiger partial charge on any atom is -0.496 e. The van der Waals surface area contributed by atoms with E-state index >= 15 is 0 Å². The minimum absolute atomic E-state index is 0.683. The zero-order valence-corrected chi connectivity index (χ0v) is 8.66. The van der Waals surface area contributed by atoms with Gasteiger partial charge in [-0.15, -0.1) is 0 Å². The van der Waals surface area contributed by atoms with E-state index in [1.807, 2.05) is 38.1 Å². The fourth-order valence-electron chi connectivity index (χ4n) is 1.29. The van der Waals surface area contributed by atoms with E-state index in [1.54, 1.807) is 7.11 Å². The Kier molecular flexibility index (Phi) is 3.30. The van der Waals surface area contributed by atoms with Crippen LogP contribution >= 0.6 is 0 Å². The smallest absolute Gasteiger partial charge is 0.127 e. The van der Waals surface area contributed by atoms with Crippen LogP contribution < -0.4 is 4.74 Å². The molecule has 2 heteroatoms. The van der Waals surface area contributed by atoms with Gasteiger partial charge in [-0.25, -0.2) is 0 Å². The van der Waals surface area contributed by atoms with Gasteiger partial charge in [-0.05, 0) is 26.0 Å². The molecule has 0 amide bonds. The average Bonchev–Trinajstić information content (AvgIpc) is 2.19. The summed E-state index contributed by atoms with van der Waals surface area (Å²) >= 11 is 0. The van der Waals surface area contributed by atoms with E-state index in [2.05, 4.69) is 6.07 Å². The number of nitrogens with zero attached hydrogens (tertiary/aromatic N) is 1. The number of rotatable bonds is 2. The number of methoxy groups -OCH3 is 1. The molecule has 14 heavy (non-hydrogen) atoms. The highest BCUT2D eigenvalue weighted by Crippen LogP contribution is 2.27. The molecule has 0 N–H and O–H groups in total. The number of hydrogen-bond acceptors (Lipinski definition) is 2. The van der Waals surface area contributed by atoms with Crippen LogP contribution in [0.1, 0.15) is 19.4 Å². The summed E-state index contributed by atoms with van der Waals surface area (Å²) in [5, 5.41) is 9.01. The monoisotopic (exact) mass is 187 g/mol. The van der Waals surface area contributed by atoms with Gasteiger partial charge in [0.05, 0.1) is 18.8 Å². The van der Waals surface area contributed by atoms with Crippen molar-refractivity contribution in [2.45, 2.75) is 13.8 Å². The topological polar surface area (TPSA) is 33.0 Å². The lowest BCUT2D eigenvalue weighted by atomic mass is 10.0.